The van der Waals surface area contributed by atoms with Crippen molar-refractivity contribution < 1.29 is 9.59 Å². The largest absolute Gasteiger partial charge is 0.342 e. The number of allylic oxidation sites excluding steroid dienone is 1. The standard InChI is InChI=1S/C23H24ClN5O2S/c1-4-12-29-21(16(3)25-22(31)17-8-6-5-7-9-17)27-28-23(29)32-14-20(30)26-18-11-10-15(2)19(24)13-18/h4-11,13,16H,1,12,14H2,2-3H3,(H,25,31)(H,26,30)/t16-/m1/s1. The van der Waals surface area contributed by atoms with Crippen LogP contribution in [-0.2, 0) is 11.3 Å². The summed E-state index contributed by atoms with van der Waals surface area (Å²) in [4.78, 5) is 24.9. The van der Waals surface area contributed by atoms with Crippen LogP contribution in [0, 0.1) is 6.92 Å². The summed E-state index contributed by atoms with van der Waals surface area (Å²) in [6, 6.07) is 14.0. The third-order valence-corrected chi connectivity index (χ3v) is 5.99. The Morgan fingerprint density at radius 1 is 1.22 bits per heavy atom. The number of nitrogens with zero attached hydrogens (tertiary/aromatic N) is 3. The molecule has 1 heterocycles. The second-order valence-electron chi connectivity index (χ2n) is 7.10. The molecule has 0 aliphatic heterocycles. The Hall–Kier alpha value is -3.10. The Morgan fingerprint density at radius 2 is 1.97 bits per heavy atom. The van der Waals surface area contributed by atoms with Gasteiger partial charge in [0.1, 0.15) is 0 Å². The number of aryl methyl sites for hydroxylation is 1. The van der Waals surface area contributed by atoms with Gasteiger partial charge < -0.3 is 15.2 Å². The molecule has 7 nitrogen and oxygen atoms in total. The van der Waals surface area contributed by atoms with Crippen LogP contribution in [0.25, 0.3) is 0 Å². The van der Waals surface area contributed by atoms with E-state index in [0.717, 1.165) is 5.56 Å². The summed E-state index contributed by atoms with van der Waals surface area (Å²) in [5.41, 5.74) is 2.14. The van der Waals surface area contributed by atoms with Crippen LogP contribution in [0.2, 0.25) is 5.02 Å². The highest BCUT2D eigenvalue weighted by atomic mass is 35.5. The van der Waals surface area contributed by atoms with Crippen molar-refractivity contribution in [2.45, 2.75) is 31.6 Å². The zero-order valence-electron chi connectivity index (χ0n) is 17.8. The molecule has 0 aliphatic rings. The third-order valence-electron chi connectivity index (χ3n) is 4.62. The minimum atomic E-state index is -0.381. The Balaban J connectivity index is 1.65. The summed E-state index contributed by atoms with van der Waals surface area (Å²) in [6.07, 6.45) is 1.72. The van der Waals surface area contributed by atoms with Crippen molar-refractivity contribution in [3.63, 3.8) is 0 Å². The van der Waals surface area contributed by atoms with Crippen LogP contribution in [0.1, 0.15) is 34.7 Å². The van der Waals surface area contributed by atoms with Gasteiger partial charge in [0.2, 0.25) is 5.91 Å². The highest BCUT2D eigenvalue weighted by Gasteiger charge is 2.20. The lowest BCUT2D eigenvalue weighted by atomic mass is 10.2. The van der Waals surface area contributed by atoms with E-state index in [-0.39, 0.29) is 23.6 Å². The molecule has 1 atom stereocenters. The van der Waals surface area contributed by atoms with Crippen molar-refractivity contribution in [1.29, 1.82) is 0 Å². The van der Waals surface area contributed by atoms with Crippen LogP contribution in [0.5, 0.6) is 0 Å². The van der Waals surface area contributed by atoms with Gasteiger partial charge in [0, 0.05) is 22.8 Å². The molecule has 0 spiro atoms. The monoisotopic (exact) mass is 469 g/mol. The third kappa shape index (κ3) is 5.99. The molecular formula is C23H24ClN5O2S. The molecule has 3 aromatic rings. The highest BCUT2D eigenvalue weighted by Crippen LogP contribution is 2.23. The van der Waals surface area contributed by atoms with Crippen molar-refractivity contribution in [2.24, 2.45) is 0 Å². The predicted molar refractivity (Wildman–Crippen MR) is 128 cm³/mol. The van der Waals surface area contributed by atoms with Gasteiger partial charge in [-0.3, -0.25) is 9.59 Å². The van der Waals surface area contributed by atoms with Crippen LogP contribution < -0.4 is 10.6 Å². The van der Waals surface area contributed by atoms with E-state index in [0.29, 0.717) is 33.8 Å². The summed E-state index contributed by atoms with van der Waals surface area (Å²) >= 11 is 7.37. The number of nitrogens with one attached hydrogen (secondary N) is 2. The zero-order valence-corrected chi connectivity index (χ0v) is 19.4. The van der Waals surface area contributed by atoms with Gasteiger partial charge in [-0.1, -0.05) is 53.7 Å². The quantitative estimate of drug-likeness (QED) is 0.352. The lowest BCUT2D eigenvalue weighted by molar-refractivity contribution is -0.113. The first-order valence-corrected chi connectivity index (χ1v) is 11.3. The molecule has 3 rings (SSSR count). The lowest BCUT2D eigenvalue weighted by Gasteiger charge is -2.15. The molecular weight excluding hydrogens is 446 g/mol. The lowest BCUT2D eigenvalue weighted by Crippen LogP contribution is -2.28. The molecule has 2 N–H and O–H groups in total. The molecule has 32 heavy (non-hydrogen) atoms. The van der Waals surface area contributed by atoms with Crippen molar-refractivity contribution >= 4 is 40.9 Å². The maximum Gasteiger partial charge on any atom is 0.251 e. The van der Waals surface area contributed by atoms with E-state index in [1.54, 1.807) is 30.3 Å². The molecule has 0 unspecified atom stereocenters. The molecule has 0 saturated carbocycles. The number of halogens is 1. The molecule has 0 aliphatic carbocycles. The summed E-state index contributed by atoms with van der Waals surface area (Å²) in [6.45, 7) is 7.98. The van der Waals surface area contributed by atoms with E-state index in [2.05, 4.69) is 27.4 Å². The fourth-order valence-electron chi connectivity index (χ4n) is 2.96. The Kier molecular flexibility index (Phi) is 8.08. The second kappa shape index (κ2) is 11.0. The van der Waals surface area contributed by atoms with E-state index in [1.165, 1.54) is 11.8 Å². The number of hydrogen-bond acceptors (Lipinski definition) is 5. The van der Waals surface area contributed by atoms with E-state index in [4.69, 9.17) is 11.6 Å². The predicted octanol–water partition coefficient (Wildman–Crippen LogP) is 4.65. The van der Waals surface area contributed by atoms with Gasteiger partial charge in [0.05, 0.1) is 11.8 Å². The van der Waals surface area contributed by atoms with E-state index < -0.39 is 0 Å². The number of carbonyl (C=O) groups excluding carboxylic acids is 2. The van der Waals surface area contributed by atoms with Crippen LogP contribution >= 0.6 is 23.4 Å². The first-order chi connectivity index (χ1) is 15.4. The van der Waals surface area contributed by atoms with Crippen molar-refractivity contribution in [1.82, 2.24) is 20.1 Å². The number of amides is 2. The normalized spacial score (nSPS) is 11.6. The zero-order chi connectivity index (χ0) is 23.1. The number of hydrogen-bond donors (Lipinski definition) is 2. The van der Waals surface area contributed by atoms with E-state index >= 15 is 0 Å². The molecule has 0 radical (unpaired) electrons. The van der Waals surface area contributed by atoms with Crippen LogP contribution in [0.3, 0.4) is 0 Å². The Labute approximate surface area is 196 Å². The Bertz CT molecular complexity index is 1120. The van der Waals surface area contributed by atoms with Gasteiger partial charge in [-0.25, -0.2) is 0 Å². The SMILES string of the molecule is C=CCn1c(SCC(=O)Nc2ccc(C)c(Cl)c2)nnc1[C@@H](C)NC(=O)c1ccccc1. The molecule has 166 valence electrons. The molecule has 0 saturated heterocycles. The number of aromatic nitrogens is 3. The summed E-state index contributed by atoms with van der Waals surface area (Å²) in [5, 5.41) is 15.4. The highest BCUT2D eigenvalue weighted by molar-refractivity contribution is 7.99. The average Bonchev–Trinajstić information content (AvgIpc) is 3.18. The first-order valence-electron chi connectivity index (χ1n) is 9.97. The van der Waals surface area contributed by atoms with Crippen molar-refractivity contribution in [2.75, 3.05) is 11.1 Å². The number of rotatable bonds is 9. The van der Waals surface area contributed by atoms with Gasteiger partial charge in [-0.15, -0.1) is 16.8 Å². The number of anilines is 1. The smallest absolute Gasteiger partial charge is 0.251 e. The number of benzene rings is 2. The maximum atomic E-state index is 12.5. The van der Waals surface area contributed by atoms with E-state index in [9.17, 15) is 9.59 Å². The van der Waals surface area contributed by atoms with Gasteiger partial charge in [-0.2, -0.15) is 0 Å². The first kappa shape index (κ1) is 23.6. The van der Waals surface area contributed by atoms with Gasteiger partial charge >= 0.3 is 0 Å². The fraction of sp³-hybridized carbons (Fsp3) is 0.217. The van der Waals surface area contributed by atoms with Crippen molar-refractivity contribution in [3.8, 4) is 0 Å². The van der Waals surface area contributed by atoms with Crippen LogP contribution in [0.4, 0.5) is 5.69 Å². The maximum absolute atomic E-state index is 12.5. The molecule has 1 aromatic heterocycles. The topological polar surface area (TPSA) is 88.9 Å². The molecule has 0 bridgehead atoms. The minimum Gasteiger partial charge on any atom is -0.342 e. The summed E-state index contributed by atoms with van der Waals surface area (Å²) in [7, 11) is 0. The van der Waals surface area contributed by atoms with Gasteiger partial charge in [0.25, 0.3) is 5.91 Å². The van der Waals surface area contributed by atoms with Crippen LogP contribution in [-0.4, -0.2) is 32.3 Å². The second-order valence-corrected chi connectivity index (χ2v) is 8.45. The van der Waals surface area contributed by atoms with Gasteiger partial charge in [0.15, 0.2) is 11.0 Å². The molecule has 0 fully saturated rings. The molecule has 2 amide bonds. The van der Waals surface area contributed by atoms with Crippen LogP contribution in [0.15, 0.2) is 66.3 Å². The molecule has 9 heteroatoms. The average molecular weight is 470 g/mol. The van der Waals surface area contributed by atoms with Gasteiger partial charge in [-0.05, 0) is 43.7 Å². The number of thioether (sulfide) groups is 1. The van der Waals surface area contributed by atoms with E-state index in [1.807, 2.05) is 42.7 Å². The summed E-state index contributed by atoms with van der Waals surface area (Å²) < 4.78 is 1.84. The summed E-state index contributed by atoms with van der Waals surface area (Å²) in [5.74, 6) is 0.347. The Morgan fingerprint density at radius 3 is 2.66 bits per heavy atom. The minimum absolute atomic E-state index is 0.144. The molecule has 2 aromatic carbocycles. The number of carbonyl (C=O) groups is 2. The van der Waals surface area contributed by atoms with Crippen molar-refractivity contribution in [3.05, 3.63) is 83.2 Å². The fourth-order valence-corrected chi connectivity index (χ4v) is 3.90.